The Morgan fingerprint density at radius 3 is 2.83 bits per heavy atom. The van der Waals surface area contributed by atoms with E-state index in [0.29, 0.717) is 25.1 Å². The van der Waals surface area contributed by atoms with Crippen molar-refractivity contribution in [2.24, 2.45) is 10.9 Å². The van der Waals surface area contributed by atoms with Crippen LogP contribution in [0.2, 0.25) is 5.02 Å². The lowest BCUT2D eigenvalue weighted by Crippen LogP contribution is -2.45. The minimum absolute atomic E-state index is 0.0417. The van der Waals surface area contributed by atoms with Crippen LogP contribution in [0.1, 0.15) is 24.4 Å². The molecule has 7 nitrogen and oxygen atoms in total. The summed E-state index contributed by atoms with van der Waals surface area (Å²) in [5.74, 6) is 1.20. The largest absolute Gasteiger partial charge is 0.379 e. The standard InChI is InChI=1S/C20H33ClN4O3S/c1-22-20(23-9-11-28-12-13-29(3,26)27)24-15-17-7-5-10-25(2)19(17)16-6-4-8-18(21)14-16/h4,6,8,14,17,19H,5,7,9-13,15H2,1-3H3,(H2,22,23,24). The van der Waals surface area contributed by atoms with Gasteiger partial charge in [-0.25, -0.2) is 8.42 Å². The van der Waals surface area contributed by atoms with Crippen molar-refractivity contribution in [2.75, 3.05) is 59.0 Å². The van der Waals surface area contributed by atoms with Crippen LogP contribution in [-0.2, 0) is 14.6 Å². The monoisotopic (exact) mass is 444 g/mol. The first kappa shape index (κ1) is 23.9. The highest BCUT2D eigenvalue weighted by atomic mass is 35.5. The number of hydrogen-bond donors (Lipinski definition) is 2. The Hall–Kier alpha value is -1.35. The summed E-state index contributed by atoms with van der Waals surface area (Å²) in [5, 5.41) is 7.39. The Labute approximate surface area is 179 Å². The van der Waals surface area contributed by atoms with Gasteiger partial charge in [0.25, 0.3) is 0 Å². The minimum atomic E-state index is -2.98. The number of guanidine groups is 1. The number of nitrogens with zero attached hydrogens (tertiary/aromatic N) is 2. The van der Waals surface area contributed by atoms with Crippen molar-refractivity contribution in [3.63, 3.8) is 0 Å². The van der Waals surface area contributed by atoms with Gasteiger partial charge in [0.05, 0.1) is 19.0 Å². The van der Waals surface area contributed by atoms with E-state index >= 15 is 0 Å². The van der Waals surface area contributed by atoms with Gasteiger partial charge in [-0.05, 0) is 50.0 Å². The van der Waals surface area contributed by atoms with Gasteiger partial charge in [0, 0.05) is 37.5 Å². The molecule has 1 aliphatic heterocycles. The van der Waals surface area contributed by atoms with Gasteiger partial charge in [0.1, 0.15) is 9.84 Å². The number of benzene rings is 1. The molecule has 1 heterocycles. The summed E-state index contributed by atoms with van der Waals surface area (Å²) < 4.78 is 27.5. The lowest BCUT2D eigenvalue weighted by Gasteiger charge is -2.40. The molecular formula is C20H33ClN4O3S. The van der Waals surface area contributed by atoms with Gasteiger partial charge in [0.2, 0.25) is 0 Å². The van der Waals surface area contributed by atoms with Gasteiger partial charge in [-0.1, -0.05) is 23.7 Å². The van der Waals surface area contributed by atoms with Crippen LogP contribution < -0.4 is 10.6 Å². The molecule has 0 saturated carbocycles. The molecule has 2 atom stereocenters. The molecule has 2 unspecified atom stereocenters. The Bertz CT molecular complexity index is 773. The van der Waals surface area contributed by atoms with E-state index in [1.807, 2.05) is 12.1 Å². The van der Waals surface area contributed by atoms with Crippen molar-refractivity contribution in [3.8, 4) is 0 Å². The number of hydrogen-bond acceptors (Lipinski definition) is 5. The SMILES string of the molecule is CN=C(NCCOCCS(C)(=O)=O)NCC1CCCN(C)C1c1cccc(Cl)c1. The Morgan fingerprint density at radius 2 is 2.14 bits per heavy atom. The summed E-state index contributed by atoms with van der Waals surface area (Å²) in [6.07, 6.45) is 3.51. The highest BCUT2D eigenvalue weighted by Gasteiger charge is 2.30. The molecule has 164 valence electrons. The predicted octanol–water partition coefficient (Wildman–Crippen LogP) is 1.95. The predicted molar refractivity (Wildman–Crippen MR) is 119 cm³/mol. The van der Waals surface area contributed by atoms with Crippen LogP contribution in [0.25, 0.3) is 0 Å². The average molecular weight is 445 g/mol. The second-order valence-corrected chi connectivity index (χ2v) is 10.2. The van der Waals surface area contributed by atoms with Crippen LogP contribution in [0, 0.1) is 5.92 Å². The molecule has 0 aromatic heterocycles. The molecule has 0 bridgehead atoms. The summed E-state index contributed by atoms with van der Waals surface area (Å²) in [5.41, 5.74) is 1.24. The molecule has 2 rings (SSSR count). The number of sulfone groups is 1. The van der Waals surface area contributed by atoms with Gasteiger partial charge in [-0.2, -0.15) is 0 Å². The average Bonchev–Trinajstić information content (AvgIpc) is 2.66. The zero-order valence-corrected chi connectivity index (χ0v) is 19.1. The number of aliphatic imine (C=N–C) groups is 1. The number of piperidine rings is 1. The molecule has 1 fully saturated rings. The van der Waals surface area contributed by atoms with Gasteiger partial charge >= 0.3 is 0 Å². The highest BCUT2D eigenvalue weighted by molar-refractivity contribution is 7.90. The van der Waals surface area contributed by atoms with E-state index in [1.165, 1.54) is 18.2 Å². The van der Waals surface area contributed by atoms with Crippen LogP contribution in [0.3, 0.4) is 0 Å². The summed E-state index contributed by atoms with van der Waals surface area (Å²) in [6.45, 7) is 3.07. The number of halogens is 1. The zero-order valence-electron chi connectivity index (χ0n) is 17.5. The van der Waals surface area contributed by atoms with Crippen LogP contribution >= 0.6 is 11.6 Å². The minimum Gasteiger partial charge on any atom is -0.379 e. The summed E-state index contributed by atoms with van der Waals surface area (Å²) in [6, 6.07) is 8.43. The maximum Gasteiger partial charge on any atom is 0.191 e. The fraction of sp³-hybridized carbons (Fsp3) is 0.650. The molecule has 1 aromatic carbocycles. The third-order valence-corrected chi connectivity index (χ3v) is 6.23. The van der Waals surface area contributed by atoms with Crippen molar-refractivity contribution in [2.45, 2.75) is 18.9 Å². The smallest absolute Gasteiger partial charge is 0.191 e. The van der Waals surface area contributed by atoms with Crippen LogP contribution in [-0.4, -0.2) is 78.2 Å². The maximum atomic E-state index is 11.1. The molecule has 0 spiro atoms. The maximum absolute atomic E-state index is 11.1. The van der Waals surface area contributed by atoms with E-state index in [0.717, 1.165) is 30.5 Å². The highest BCUT2D eigenvalue weighted by Crippen LogP contribution is 2.35. The fourth-order valence-corrected chi connectivity index (χ4v) is 4.31. The lowest BCUT2D eigenvalue weighted by molar-refractivity contribution is 0.122. The van der Waals surface area contributed by atoms with E-state index in [2.05, 4.69) is 39.7 Å². The molecule has 1 aliphatic rings. The number of nitrogens with one attached hydrogen (secondary N) is 2. The molecule has 0 aliphatic carbocycles. The topological polar surface area (TPSA) is 83.0 Å². The molecule has 1 aromatic rings. The van der Waals surface area contributed by atoms with Crippen molar-refractivity contribution in [3.05, 3.63) is 34.9 Å². The third-order valence-electron chi connectivity index (χ3n) is 5.09. The molecule has 0 radical (unpaired) electrons. The van der Waals surface area contributed by atoms with Gasteiger partial charge in [-0.3, -0.25) is 9.89 Å². The van der Waals surface area contributed by atoms with E-state index in [9.17, 15) is 8.42 Å². The van der Waals surface area contributed by atoms with Crippen molar-refractivity contribution >= 4 is 27.4 Å². The quantitative estimate of drug-likeness (QED) is 0.344. The van der Waals surface area contributed by atoms with Gasteiger partial charge in [-0.15, -0.1) is 0 Å². The first-order valence-electron chi connectivity index (χ1n) is 9.96. The first-order chi connectivity index (χ1) is 13.8. The number of likely N-dealkylation sites (tertiary alicyclic amines) is 1. The van der Waals surface area contributed by atoms with Gasteiger partial charge < -0.3 is 15.4 Å². The van der Waals surface area contributed by atoms with Gasteiger partial charge in [0.15, 0.2) is 5.96 Å². The Morgan fingerprint density at radius 1 is 1.34 bits per heavy atom. The molecule has 0 amide bonds. The van der Waals surface area contributed by atoms with E-state index in [-0.39, 0.29) is 12.4 Å². The Balaban J connectivity index is 1.82. The van der Waals surface area contributed by atoms with E-state index in [4.69, 9.17) is 16.3 Å². The molecule has 9 heteroatoms. The third kappa shape index (κ3) is 8.50. The van der Waals surface area contributed by atoms with Crippen LogP contribution in [0.5, 0.6) is 0 Å². The Kier molecular flexibility index (Phi) is 9.68. The number of ether oxygens (including phenoxy) is 1. The molecular weight excluding hydrogens is 412 g/mol. The van der Waals surface area contributed by atoms with Crippen molar-refractivity contribution < 1.29 is 13.2 Å². The lowest BCUT2D eigenvalue weighted by atomic mass is 9.85. The first-order valence-corrected chi connectivity index (χ1v) is 12.4. The number of rotatable bonds is 9. The zero-order chi connectivity index (χ0) is 21.3. The van der Waals surface area contributed by atoms with Crippen LogP contribution in [0.4, 0.5) is 0 Å². The fourth-order valence-electron chi connectivity index (χ4n) is 3.69. The van der Waals surface area contributed by atoms with Crippen molar-refractivity contribution in [1.29, 1.82) is 0 Å². The van der Waals surface area contributed by atoms with E-state index < -0.39 is 9.84 Å². The van der Waals surface area contributed by atoms with E-state index in [1.54, 1.807) is 7.05 Å². The second kappa shape index (κ2) is 11.7. The second-order valence-electron chi connectivity index (χ2n) is 7.50. The van der Waals surface area contributed by atoms with Crippen LogP contribution in [0.15, 0.2) is 29.3 Å². The normalized spacial score (nSPS) is 21.2. The molecule has 1 saturated heterocycles. The molecule has 2 N–H and O–H groups in total. The van der Waals surface area contributed by atoms with Crippen molar-refractivity contribution in [1.82, 2.24) is 15.5 Å². The summed E-state index contributed by atoms with van der Waals surface area (Å²) >= 11 is 6.22. The molecule has 29 heavy (non-hydrogen) atoms. The summed E-state index contributed by atoms with van der Waals surface area (Å²) in [4.78, 5) is 6.66. The summed E-state index contributed by atoms with van der Waals surface area (Å²) in [7, 11) is 0.920.